The van der Waals surface area contributed by atoms with Crippen molar-refractivity contribution < 1.29 is 0 Å². The molecule has 0 aliphatic carbocycles. The van der Waals surface area contributed by atoms with Gasteiger partial charge in [-0.25, -0.2) is 4.98 Å². The van der Waals surface area contributed by atoms with Crippen LogP contribution >= 0.6 is 11.8 Å². The SMILES string of the molecule is CCC(CSC)Nc1ncccc1C. The number of hydrogen-bond acceptors (Lipinski definition) is 3. The third-order valence-electron chi connectivity index (χ3n) is 2.21. The lowest BCUT2D eigenvalue weighted by Gasteiger charge is -2.17. The molecule has 0 fully saturated rings. The molecule has 1 aromatic rings. The number of pyridine rings is 1. The molecule has 0 radical (unpaired) electrons. The van der Waals surface area contributed by atoms with Crippen LogP contribution in [0.3, 0.4) is 0 Å². The summed E-state index contributed by atoms with van der Waals surface area (Å²) in [5.74, 6) is 2.15. The largest absolute Gasteiger partial charge is 0.366 e. The van der Waals surface area contributed by atoms with E-state index in [2.05, 4.69) is 36.5 Å². The molecule has 1 heterocycles. The highest BCUT2D eigenvalue weighted by atomic mass is 32.2. The van der Waals surface area contributed by atoms with E-state index in [1.165, 1.54) is 5.56 Å². The second kappa shape index (κ2) is 5.91. The first-order chi connectivity index (χ1) is 6.77. The van der Waals surface area contributed by atoms with E-state index in [1.807, 2.05) is 24.0 Å². The van der Waals surface area contributed by atoms with Crippen molar-refractivity contribution in [3.63, 3.8) is 0 Å². The smallest absolute Gasteiger partial charge is 0.129 e. The van der Waals surface area contributed by atoms with Crippen LogP contribution in [0, 0.1) is 6.92 Å². The second-order valence-corrected chi connectivity index (χ2v) is 4.28. The van der Waals surface area contributed by atoms with Crippen LogP contribution in [0.4, 0.5) is 5.82 Å². The molecule has 1 atom stereocenters. The topological polar surface area (TPSA) is 24.9 Å². The summed E-state index contributed by atoms with van der Waals surface area (Å²) in [6.07, 6.45) is 5.10. The van der Waals surface area contributed by atoms with E-state index < -0.39 is 0 Å². The Balaban J connectivity index is 2.62. The highest BCUT2D eigenvalue weighted by Crippen LogP contribution is 2.13. The molecule has 1 aromatic heterocycles. The Bertz CT molecular complexity index is 276. The van der Waals surface area contributed by atoms with Gasteiger partial charge in [0.25, 0.3) is 0 Å². The lowest BCUT2D eigenvalue weighted by atomic mass is 10.2. The number of thioether (sulfide) groups is 1. The van der Waals surface area contributed by atoms with Crippen molar-refractivity contribution in [1.29, 1.82) is 0 Å². The number of nitrogens with one attached hydrogen (secondary N) is 1. The Morgan fingerprint density at radius 2 is 2.36 bits per heavy atom. The maximum absolute atomic E-state index is 4.33. The van der Waals surface area contributed by atoms with E-state index in [4.69, 9.17) is 0 Å². The quantitative estimate of drug-likeness (QED) is 0.809. The fraction of sp³-hybridized carbons (Fsp3) is 0.545. The predicted molar refractivity (Wildman–Crippen MR) is 65.1 cm³/mol. The number of aryl methyl sites for hydroxylation is 1. The molecular formula is C11H18N2S. The molecule has 0 bridgehead atoms. The van der Waals surface area contributed by atoms with E-state index >= 15 is 0 Å². The number of nitrogens with zero attached hydrogens (tertiary/aromatic N) is 1. The summed E-state index contributed by atoms with van der Waals surface area (Å²) in [5, 5.41) is 3.47. The van der Waals surface area contributed by atoms with Crippen molar-refractivity contribution in [2.45, 2.75) is 26.3 Å². The van der Waals surface area contributed by atoms with Gasteiger partial charge in [0.1, 0.15) is 5.82 Å². The minimum atomic E-state index is 0.526. The van der Waals surface area contributed by atoms with Gasteiger partial charge >= 0.3 is 0 Å². The van der Waals surface area contributed by atoms with Crippen molar-refractivity contribution in [3.05, 3.63) is 23.9 Å². The van der Waals surface area contributed by atoms with Gasteiger partial charge in [0.15, 0.2) is 0 Å². The molecule has 1 rings (SSSR count). The van der Waals surface area contributed by atoms with E-state index in [-0.39, 0.29) is 0 Å². The van der Waals surface area contributed by atoms with Crippen molar-refractivity contribution >= 4 is 17.6 Å². The van der Waals surface area contributed by atoms with Crippen LogP contribution < -0.4 is 5.32 Å². The molecule has 14 heavy (non-hydrogen) atoms. The number of aromatic nitrogens is 1. The summed E-state index contributed by atoms with van der Waals surface area (Å²) in [6.45, 7) is 4.29. The van der Waals surface area contributed by atoms with Gasteiger partial charge in [-0.15, -0.1) is 0 Å². The maximum Gasteiger partial charge on any atom is 0.129 e. The third-order valence-corrected chi connectivity index (χ3v) is 2.95. The molecule has 0 aromatic carbocycles. The molecule has 78 valence electrons. The molecule has 0 saturated carbocycles. The van der Waals surface area contributed by atoms with Crippen LogP contribution in [0.5, 0.6) is 0 Å². The van der Waals surface area contributed by atoms with Crippen LogP contribution in [-0.2, 0) is 0 Å². The average Bonchev–Trinajstić information content (AvgIpc) is 2.20. The zero-order valence-corrected chi connectivity index (χ0v) is 9.90. The van der Waals surface area contributed by atoms with E-state index in [0.717, 1.165) is 18.0 Å². The Morgan fingerprint density at radius 3 is 2.93 bits per heavy atom. The van der Waals surface area contributed by atoms with Gasteiger partial charge in [-0.05, 0) is 31.2 Å². The van der Waals surface area contributed by atoms with Crippen molar-refractivity contribution in [2.24, 2.45) is 0 Å². The first-order valence-electron chi connectivity index (χ1n) is 4.95. The number of anilines is 1. The fourth-order valence-corrected chi connectivity index (χ4v) is 2.01. The van der Waals surface area contributed by atoms with Crippen molar-refractivity contribution in [3.8, 4) is 0 Å². The standard InChI is InChI=1S/C11H18N2S/c1-4-10(8-14-3)13-11-9(2)6-5-7-12-11/h5-7,10H,4,8H2,1-3H3,(H,12,13). The van der Waals surface area contributed by atoms with Crippen molar-refractivity contribution in [1.82, 2.24) is 4.98 Å². The van der Waals surface area contributed by atoms with E-state index in [9.17, 15) is 0 Å². The Labute approximate surface area is 90.5 Å². The van der Waals surface area contributed by atoms with Crippen molar-refractivity contribution in [2.75, 3.05) is 17.3 Å². The maximum atomic E-state index is 4.33. The highest BCUT2D eigenvalue weighted by Gasteiger charge is 2.06. The lowest BCUT2D eigenvalue weighted by molar-refractivity contribution is 0.768. The minimum absolute atomic E-state index is 0.526. The predicted octanol–water partition coefficient (Wildman–Crippen LogP) is 2.94. The minimum Gasteiger partial charge on any atom is -0.366 e. The van der Waals surface area contributed by atoms with Crippen LogP contribution in [0.15, 0.2) is 18.3 Å². The molecule has 0 aliphatic heterocycles. The normalized spacial score (nSPS) is 12.5. The summed E-state index contributed by atoms with van der Waals surface area (Å²) >= 11 is 1.87. The van der Waals surface area contributed by atoms with Gasteiger partial charge in [0.05, 0.1) is 0 Å². The van der Waals surface area contributed by atoms with Gasteiger partial charge in [-0.1, -0.05) is 13.0 Å². The van der Waals surface area contributed by atoms with Gasteiger partial charge in [-0.3, -0.25) is 0 Å². The second-order valence-electron chi connectivity index (χ2n) is 3.37. The van der Waals surface area contributed by atoms with Gasteiger partial charge in [-0.2, -0.15) is 11.8 Å². The zero-order valence-electron chi connectivity index (χ0n) is 9.08. The summed E-state index contributed by atoms with van der Waals surface area (Å²) in [6, 6.07) is 4.58. The van der Waals surface area contributed by atoms with Gasteiger partial charge < -0.3 is 5.32 Å². The molecule has 0 aliphatic rings. The number of rotatable bonds is 5. The van der Waals surface area contributed by atoms with E-state index in [1.54, 1.807) is 0 Å². The molecule has 0 amide bonds. The molecule has 2 nitrogen and oxygen atoms in total. The highest BCUT2D eigenvalue weighted by molar-refractivity contribution is 7.98. The van der Waals surface area contributed by atoms with Crippen LogP contribution in [0.25, 0.3) is 0 Å². The Hall–Kier alpha value is -0.700. The molecular weight excluding hydrogens is 192 g/mol. The van der Waals surface area contributed by atoms with E-state index in [0.29, 0.717) is 6.04 Å². The van der Waals surface area contributed by atoms with Crippen LogP contribution in [0.1, 0.15) is 18.9 Å². The first kappa shape index (κ1) is 11.4. The third kappa shape index (κ3) is 3.22. The monoisotopic (exact) mass is 210 g/mol. The Kier molecular flexibility index (Phi) is 4.80. The molecule has 0 saturated heterocycles. The van der Waals surface area contributed by atoms with Crippen LogP contribution in [0.2, 0.25) is 0 Å². The summed E-state index contributed by atoms with van der Waals surface area (Å²) in [5.41, 5.74) is 1.21. The molecule has 1 unspecified atom stereocenters. The summed E-state index contributed by atoms with van der Waals surface area (Å²) in [4.78, 5) is 4.33. The Morgan fingerprint density at radius 1 is 1.57 bits per heavy atom. The molecule has 0 spiro atoms. The molecule has 1 N–H and O–H groups in total. The molecule has 3 heteroatoms. The average molecular weight is 210 g/mol. The lowest BCUT2D eigenvalue weighted by Crippen LogP contribution is -2.22. The number of hydrogen-bond donors (Lipinski definition) is 1. The van der Waals surface area contributed by atoms with Gasteiger partial charge in [0, 0.05) is 18.0 Å². The zero-order chi connectivity index (χ0) is 10.4. The van der Waals surface area contributed by atoms with Gasteiger partial charge in [0.2, 0.25) is 0 Å². The fourth-order valence-electron chi connectivity index (χ4n) is 1.29. The van der Waals surface area contributed by atoms with Crippen LogP contribution in [-0.4, -0.2) is 23.0 Å². The first-order valence-corrected chi connectivity index (χ1v) is 6.34. The summed E-state index contributed by atoms with van der Waals surface area (Å²) < 4.78 is 0. The summed E-state index contributed by atoms with van der Waals surface area (Å²) in [7, 11) is 0.